The van der Waals surface area contributed by atoms with Gasteiger partial charge >= 0.3 is 0 Å². The lowest BCUT2D eigenvalue weighted by molar-refractivity contribution is -0.384. The van der Waals surface area contributed by atoms with Crippen molar-refractivity contribution in [2.24, 2.45) is 5.92 Å². The van der Waals surface area contributed by atoms with Gasteiger partial charge in [0, 0.05) is 32.2 Å². The molecule has 2 saturated heterocycles. The molecule has 2 aliphatic heterocycles. The van der Waals surface area contributed by atoms with Crippen molar-refractivity contribution < 1.29 is 22.9 Å². The van der Waals surface area contributed by atoms with E-state index in [1.807, 2.05) is 18.7 Å². The van der Waals surface area contributed by atoms with Crippen LogP contribution in [0, 0.1) is 16.0 Å². The van der Waals surface area contributed by atoms with Gasteiger partial charge in [-0.3, -0.25) is 14.9 Å². The van der Waals surface area contributed by atoms with Gasteiger partial charge in [-0.15, -0.1) is 0 Å². The molecule has 2 fully saturated rings. The Bertz CT molecular complexity index is 922. The van der Waals surface area contributed by atoms with Gasteiger partial charge in [-0.1, -0.05) is 26.7 Å². The van der Waals surface area contributed by atoms with Crippen LogP contribution >= 0.6 is 0 Å². The Balaban J connectivity index is 1.87. The summed E-state index contributed by atoms with van der Waals surface area (Å²) in [5.41, 5.74) is -0.230. The molecule has 32 heavy (non-hydrogen) atoms. The number of anilines is 1. The summed E-state index contributed by atoms with van der Waals surface area (Å²) in [5, 5.41) is 14.8. The van der Waals surface area contributed by atoms with Crippen LogP contribution < -0.4 is 5.32 Å². The molecule has 0 aromatic heterocycles. The van der Waals surface area contributed by atoms with Crippen molar-refractivity contribution in [3.63, 3.8) is 0 Å². The largest absolute Gasteiger partial charge is 0.379 e. The Hall–Kier alpha value is -2.24. The van der Waals surface area contributed by atoms with E-state index in [4.69, 9.17) is 4.74 Å². The molecule has 11 heteroatoms. The minimum absolute atomic E-state index is 0.0822. The Morgan fingerprint density at radius 2 is 1.72 bits per heavy atom. The van der Waals surface area contributed by atoms with E-state index in [0.29, 0.717) is 13.1 Å². The SMILES string of the molecule is CC(C)[C@H](Nc1ccc(S(=O)(=O)N2CCOCC2)cc1[N+](=O)[O-])C(=O)N1CCCCCC1. The van der Waals surface area contributed by atoms with Gasteiger partial charge < -0.3 is 15.0 Å². The van der Waals surface area contributed by atoms with Gasteiger partial charge in [-0.25, -0.2) is 8.42 Å². The van der Waals surface area contributed by atoms with Crippen LogP contribution in [0.5, 0.6) is 0 Å². The van der Waals surface area contributed by atoms with Crippen LogP contribution in [0.3, 0.4) is 0 Å². The maximum atomic E-state index is 13.2. The maximum Gasteiger partial charge on any atom is 0.293 e. The summed E-state index contributed by atoms with van der Waals surface area (Å²) in [7, 11) is -3.87. The van der Waals surface area contributed by atoms with Gasteiger partial charge in [-0.2, -0.15) is 4.31 Å². The van der Waals surface area contributed by atoms with Gasteiger partial charge in [0.1, 0.15) is 11.7 Å². The highest BCUT2D eigenvalue weighted by Crippen LogP contribution is 2.31. The Morgan fingerprint density at radius 1 is 1.09 bits per heavy atom. The monoisotopic (exact) mass is 468 g/mol. The van der Waals surface area contributed by atoms with E-state index in [0.717, 1.165) is 31.7 Å². The van der Waals surface area contributed by atoms with Crippen LogP contribution in [0.2, 0.25) is 0 Å². The summed E-state index contributed by atoms with van der Waals surface area (Å²) in [5.74, 6) is -0.191. The summed E-state index contributed by atoms with van der Waals surface area (Å²) in [6.07, 6.45) is 4.08. The van der Waals surface area contributed by atoms with Crippen molar-refractivity contribution in [1.82, 2.24) is 9.21 Å². The highest BCUT2D eigenvalue weighted by atomic mass is 32.2. The van der Waals surface area contributed by atoms with E-state index in [1.165, 1.54) is 16.4 Å². The number of sulfonamides is 1. The molecule has 1 amide bonds. The average Bonchev–Trinajstić information content (AvgIpc) is 3.07. The Labute approximate surface area is 189 Å². The minimum atomic E-state index is -3.87. The number of benzene rings is 1. The summed E-state index contributed by atoms with van der Waals surface area (Å²) >= 11 is 0. The third kappa shape index (κ3) is 5.57. The smallest absolute Gasteiger partial charge is 0.293 e. The van der Waals surface area contributed by atoms with Crippen LogP contribution in [0.4, 0.5) is 11.4 Å². The molecular formula is C21H32N4O6S. The van der Waals surface area contributed by atoms with Crippen LogP contribution in [0.15, 0.2) is 23.1 Å². The Morgan fingerprint density at radius 3 is 2.28 bits per heavy atom. The first-order valence-corrected chi connectivity index (χ1v) is 12.6. The summed E-state index contributed by atoms with van der Waals surface area (Å²) < 4.78 is 32.3. The summed E-state index contributed by atoms with van der Waals surface area (Å²) in [4.78, 5) is 26.0. The highest BCUT2D eigenvalue weighted by molar-refractivity contribution is 7.89. The lowest BCUT2D eigenvalue weighted by Crippen LogP contribution is -2.46. The second-order valence-corrected chi connectivity index (χ2v) is 10.5. The van der Waals surface area contributed by atoms with Crippen molar-refractivity contribution in [2.75, 3.05) is 44.7 Å². The van der Waals surface area contributed by atoms with Gasteiger partial charge in [0.05, 0.1) is 23.0 Å². The maximum absolute atomic E-state index is 13.2. The van der Waals surface area contributed by atoms with Gasteiger partial charge in [-0.05, 0) is 30.9 Å². The molecule has 0 saturated carbocycles. The molecule has 10 nitrogen and oxygen atoms in total. The van der Waals surface area contributed by atoms with Gasteiger partial charge in [0.2, 0.25) is 15.9 Å². The number of nitrogens with one attached hydrogen (secondary N) is 1. The number of carbonyl (C=O) groups is 1. The van der Waals surface area contributed by atoms with Crippen LogP contribution in [0.1, 0.15) is 39.5 Å². The zero-order valence-electron chi connectivity index (χ0n) is 18.7. The van der Waals surface area contributed by atoms with Crippen molar-refractivity contribution in [2.45, 2.75) is 50.5 Å². The van der Waals surface area contributed by atoms with Crippen LogP contribution in [-0.2, 0) is 19.6 Å². The number of hydrogen-bond donors (Lipinski definition) is 1. The number of morpholine rings is 1. The number of nitro benzene ring substituents is 1. The van der Waals surface area contributed by atoms with Crippen molar-refractivity contribution in [1.29, 1.82) is 0 Å². The van der Waals surface area contributed by atoms with E-state index in [9.17, 15) is 23.3 Å². The number of nitro groups is 1. The lowest BCUT2D eigenvalue weighted by Gasteiger charge is -2.29. The van der Waals surface area contributed by atoms with E-state index >= 15 is 0 Å². The predicted octanol–water partition coefficient (Wildman–Crippen LogP) is 2.45. The average molecular weight is 469 g/mol. The molecule has 0 aliphatic carbocycles. The molecule has 0 spiro atoms. The second kappa shape index (κ2) is 10.6. The molecule has 0 bridgehead atoms. The van der Waals surface area contributed by atoms with Crippen molar-refractivity contribution in [3.05, 3.63) is 28.3 Å². The molecule has 0 radical (unpaired) electrons. The van der Waals surface area contributed by atoms with Crippen LogP contribution in [0.25, 0.3) is 0 Å². The molecule has 178 valence electrons. The number of amides is 1. The number of nitrogens with zero attached hydrogens (tertiary/aromatic N) is 3. The molecular weight excluding hydrogens is 436 g/mol. The molecule has 1 aromatic carbocycles. The number of rotatable bonds is 7. The molecule has 1 aromatic rings. The molecule has 1 N–H and O–H groups in total. The fourth-order valence-corrected chi connectivity index (χ4v) is 5.48. The quantitative estimate of drug-likeness (QED) is 0.482. The summed E-state index contributed by atoms with van der Waals surface area (Å²) in [6, 6.07) is 3.17. The second-order valence-electron chi connectivity index (χ2n) is 8.56. The number of hydrogen-bond acceptors (Lipinski definition) is 7. The first-order valence-electron chi connectivity index (χ1n) is 11.1. The third-order valence-electron chi connectivity index (χ3n) is 5.94. The van der Waals surface area contributed by atoms with Gasteiger partial charge in [0.25, 0.3) is 5.69 Å². The van der Waals surface area contributed by atoms with E-state index in [2.05, 4.69) is 5.32 Å². The number of ether oxygens (including phenoxy) is 1. The standard InChI is InChI=1S/C21H32N4O6S/c1-16(2)20(21(26)23-9-5-3-4-6-10-23)22-18-8-7-17(15-19(18)25(27)28)32(29,30)24-11-13-31-14-12-24/h7-8,15-16,20,22H,3-6,9-14H2,1-2H3/t20-/m0/s1. The molecule has 2 aliphatic rings. The predicted molar refractivity (Wildman–Crippen MR) is 120 cm³/mol. The van der Waals surface area contributed by atoms with E-state index in [-0.39, 0.29) is 54.4 Å². The lowest BCUT2D eigenvalue weighted by atomic mass is 10.0. The third-order valence-corrected chi connectivity index (χ3v) is 7.83. The van der Waals surface area contributed by atoms with E-state index in [1.54, 1.807) is 0 Å². The highest BCUT2D eigenvalue weighted by Gasteiger charge is 2.32. The molecule has 2 heterocycles. The van der Waals surface area contributed by atoms with Crippen molar-refractivity contribution >= 4 is 27.3 Å². The number of likely N-dealkylation sites (tertiary alicyclic amines) is 1. The van der Waals surface area contributed by atoms with E-state index < -0.39 is 21.0 Å². The fourth-order valence-electron chi connectivity index (χ4n) is 4.05. The summed E-state index contributed by atoms with van der Waals surface area (Å²) in [6.45, 7) is 6.12. The molecule has 3 rings (SSSR count). The molecule has 1 atom stereocenters. The normalized spacial score (nSPS) is 19.4. The van der Waals surface area contributed by atoms with Crippen LogP contribution in [-0.4, -0.2) is 73.9 Å². The zero-order valence-corrected chi connectivity index (χ0v) is 19.5. The zero-order chi connectivity index (χ0) is 23.3. The van der Waals surface area contributed by atoms with Gasteiger partial charge in [0.15, 0.2) is 0 Å². The first-order chi connectivity index (χ1) is 15.2. The first kappa shape index (κ1) is 24.4. The minimum Gasteiger partial charge on any atom is -0.379 e. The Kier molecular flexibility index (Phi) is 8.07. The topological polar surface area (TPSA) is 122 Å². The fraction of sp³-hybridized carbons (Fsp3) is 0.667. The number of carbonyl (C=O) groups excluding carboxylic acids is 1. The molecule has 0 unspecified atom stereocenters. The van der Waals surface area contributed by atoms with Crippen molar-refractivity contribution in [3.8, 4) is 0 Å².